The number of halogens is 2. The molecule has 4 heteroatoms. The predicted molar refractivity (Wildman–Crippen MR) is 52.7 cm³/mol. The lowest BCUT2D eigenvalue weighted by Gasteiger charge is -2.20. The molecule has 1 unspecified atom stereocenters. The van der Waals surface area contributed by atoms with Gasteiger partial charge in [0.1, 0.15) is 4.32 Å². The first kappa shape index (κ1) is 9.13. The van der Waals surface area contributed by atoms with Gasteiger partial charge in [0.2, 0.25) is 0 Å². The van der Waals surface area contributed by atoms with E-state index < -0.39 is 4.32 Å². The molecule has 1 rings (SSSR count). The van der Waals surface area contributed by atoms with Crippen LogP contribution in [0.25, 0.3) is 0 Å². The number of alkyl halides is 1. The van der Waals surface area contributed by atoms with Crippen molar-refractivity contribution in [3.8, 4) is 0 Å². The fraction of sp³-hybridized carbons (Fsp3) is 0.429. The van der Waals surface area contributed by atoms with Crippen molar-refractivity contribution in [1.82, 2.24) is 0 Å². The monoisotopic (exact) mass is 279 g/mol. The minimum Gasteiger partial charge on any atom is -0.298 e. The van der Waals surface area contributed by atoms with Crippen molar-refractivity contribution in [2.75, 3.05) is 6.54 Å². The summed E-state index contributed by atoms with van der Waals surface area (Å²) in [7, 11) is 0. The third-order valence-corrected chi connectivity index (χ3v) is 3.12. The number of rotatable bonds is 1. The third kappa shape index (κ3) is 1.99. The van der Waals surface area contributed by atoms with Crippen LogP contribution >= 0.6 is 31.9 Å². The van der Waals surface area contributed by atoms with Gasteiger partial charge in [0.15, 0.2) is 5.78 Å². The highest BCUT2D eigenvalue weighted by atomic mass is 79.9. The van der Waals surface area contributed by atoms with Gasteiger partial charge in [0.25, 0.3) is 0 Å². The van der Waals surface area contributed by atoms with Crippen LogP contribution in [0.2, 0.25) is 0 Å². The maximum atomic E-state index is 11.0. The van der Waals surface area contributed by atoms with Gasteiger partial charge in [0, 0.05) is 0 Å². The fourth-order valence-corrected chi connectivity index (χ4v) is 1.24. The summed E-state index contributed by atoms with van der Waals surface area (Å²) in [5.41, 5.74) is 0. The van der Waals surface area contributed by atoms with Gasteiger partial charge in [0.05, 0.1) is 11.2 Å². The van der Waals surface area contributed by atoms with Crippen molar-refractivity contribution in [2.45, 2.75) is 11.2 Å². The molecule has 60 valence electrons. The summed E-state index contributed by atoms with van der Waals surface area (Å²) in [4.78, 5) is 15.1. The first-order valence-electron chi connectivity index (χ1n) is 3.14. The average molecular weight is 281 g/mol. The molecule has 0 spiro atoms. The SMILES string of the molecule is CC(=O)C1(Br)C=CC(Br)=NC1. The minimum absolute atomic E-state index is 0.0810. The van der Waals surface area contributed by atoms with Gasteiger partial charge < -0.3 is 0 Å². The molecule has 1 aliphatic heterocycles. The van der Waals surface area contributed by atoms with Crippen LogP contribution in [-0.4, -0.2) is 21.3 Å². The summed E-state index contributed by atoms with van der Waals surface area (Å²) < 4.78 is 0.221. The van der Waals surface area contributed by atoms with E-state index in [-0.39, 0.29) is 5.78 Å². The van der Waals surface area contributed by atoms with Crippen LogP contribution in [0.1, 0.15) is 6.92 Å². The number of aliphatic imine (C=N–C) groups is 1. The zero-order valence-corrected chi connectivity index (χ0v) is 9.15. The highest BCUT2D eigenvalue weighted by Crippen LogP contribution is 2.25. The van der Waals surface area contributed by atoms with E-state index in [9.17, 15) is 4.79 Å². The van der Waals surface area contributed by atoms with Crippen LogP contribution < -0.4 is 0 Å². The van der Waals surface area contributed by atoms with E-state index in [1.54, 1.807) is 13.0 Å². The van der Waals surface area contributed by atoms with Crippen molar-refractivity contribution in [2.24, 2.45) is 4.99 Å². The summed E-state index contributed by atoms with van der Waals surface area (Å²) in [5, 5.41) is 0. The molecule has 0 aromatic carbocycles. The standard InChI is InChI=1S/C7H7Br2NO/c1-5(11)7(9)3-2-6(8)10-4-7/h2-3H,4H2,1H3. The zero-order valence-electron chi connectivity index (χ0n) is 5.97. The number of dihydropyridines is 1. The van der Waals surface area contributed by atoms with Crippen molar-refractivity contribution < 1.29 is 4.79 Å². The van der Waals surface area contributed by atoms with Crippen LogP contribution in [-0.2, 0) is 4.79 Å². The molecular formula is C7H7Br2NO. The lowest BCUT2D eigenvalue weighted by atomic mass is 10.0. The summed E-state index contributed by atoms with van der Waals surface area (Å²) in [6.45, 7) is 2.02. The van der Waals surface area contributed by atoms with Gasteiger partial charge in [-0.1, -0.05) is 22.0 Å². The van der Waals surface area contributed by atoms with Gasteiger partial charge in [-0.2, -0.15) is 0 Å². The Balaban J connectivity index is 2.82. The Morgan fingerprint density at radius 1 is 1.82 bits per heavy atom. The van der Waals surface area contributed by atoms with Gasteiger partial charge >= 0.3 is 0 Å². The lowest BCUT2D eigenvalue weighted by Crippen LogP contribution is -2.32. The van der Waals surface area contributed by atoms with Crippen LogP contribution in [0.4, 0.5) is 0 Å². The van der Waals surface area contributed by atoms with Crippen LogP contribution in [0.3, 0.4) is 0 Å². The lowest BCUT2D eigenvalue weighted by molar-refractivity contribution is -0.117. The Hall–Kier alpha value is 0.0400. The van der Waals surface area contributed by atoms with E-state index in [0.29, 0.717) is 6.54 Å². The van der Waals surface area contributed by atoms with Crippen LogP contribution in [0.15, 0.2) is 17.1 Å². The summed E-state index contributed by atoms with van der Waals surface area (Å²) in [5.74, 6) is 0.0810. The maximum absolute atomic E-state index is 11.0. The summed E-state index contributed by atoms with van der Waals surface area (Å²) in [6.07, 6.45) is 3.59. The predicted octanol–water partition coefficient (Wildman–Crippen LogP) is 2.07. The third-order valence-electron chi connectivity index (χ3n) is 1.53. The van der Waals surface area contributed by atoms with E-state index in [1.165, 1.54) is 0 Å². The quantitative estimate of drug-likeness (QED) is 0.676. The Bertz CT molecular complexity index is 247. The second-order valence-electron chi connectivity index (χ2n) is 2.39. The molecule has 0 aromatic rings. The molecule has 1 atom stereocenters. The number of carbonyl (C=O) groups is 1. The van der Waals surface area contributed by atoms with Crippen LogP contribution in [0.5, 0.6) is 0 Å². The molecule has 0 aromatic heterocycles. The largest absolute Gasteiger partial charge is 0.298 e. The fourth-order valence-electron chi connectivity index (χ4n) is 0.726. The van der Waals surface area contributed by atoms with E-state index in [0.717, 1.165) is 4.62 Å². The summed E-state index contributed by atoms with van der Waals surface area (Å²) in [6, 6.07) is 0. The molecule has 0 aliphatic carbocycles. The molecule has 1 aliphatic rings. The molecule has 0 bridgehead atoms. The van der Waals surface area contributed by atoms with Crippen molar-refractivity contribution in [3.63, 3.8) is 0 Å². The molecule has 0 fully saturated rings. The highest BCUT2D eigenvalue weighted by molar-refractivity contribution is 9.18. The highest BCUT2D eigenvalue weighted by Gasteiger charge is 2.30. The minimum atomic E-state index is -0.565. The Morgan fingerprint density at radius 3 is 2.82 bits per heavy atom. The number of hydrogen-bond donors (Lipinski definition) is 0. The second-order valence-corrected chi connectivity index (χ2v) is 4.62. The molecule has 2 nitrogen and oxygen atoms in total. The normalized spacial score (nSPS) is 29.9. The maximum Gasteiger partial charge on any atom is 0.152 e. The molecule has 0 saturated heterocycles. The molecule has 0 radical (unpaired) electrons. The number of Topliss-reactive ketones (excluding diaryl/α,β-unsaturated/α-hetero) is 1. The van der Waals surface area contributed by atoms with Gasteiger partial charge in [-0.3, -0.25) is 9.79 Å². The van der Waals surface area contributed by atoms with Gasteiger partial charge in [-0.15, -0.1) is 0 Å². The molecule has 0 saturated carbocycles. The topological polar surface area (TPSA) is 29.4 Å². The molecule has 0 amide bonds. The summed E-state index contributed by atoms with van der Waals surface area (Å²) >= 11 is 6.54. The Kier molecular flexibility index (Phi) is 2.65. The van der Waals surface area contributed by atoms with Gasteiger partial charge in [-0.25, -0.2) is 0 Å². The molecule has 1 heterocycles. The van der Waals surface area contributed by atoms with E-state index in [1.807, 2.05) is 6.08 Å². The first-order valence-corrected chi connectivity index (χ1v) is 4.72. The van der Waals surface area contributed by atoms with E-state index in [2.05, 4.69) is 36.9 Å². The smallest absolute Gasteiger partial charge is 0.152 e. The van der Waals surface area contributed by atoms with Crippen molar-refractivity contribution >= 4 is 42.3 Å². The van der Waals surface area contributed by atoms with Crippen molar-refractivity contribution in [3.05, 3.63) is 12.2 Å². The molecule has 11 heavy (non-hydrogen) atoms. The number of ketones is 1. The van der Waals surface area contributed by atoms with Gasteiger partial charge in [-0.05, 0) is 28.9 Å². The number of carbonyl (C=O) groups excluding carboxylic acids is 1. The second kappa shape index (κ2) is 3.19. The van der Waals surface area contributed by atoms with Crippen molar-refractivity contribution in [1.29, 1.82) is 0 Å². The Morgan fingerprint density at radius 2 is 2.45 bits per heavy atom. The first-order chi connectivity index (χ1) is 5.04. The van der Waals surface area contributed by atoms with Crippen LogP contribution in [0, 0.1) is 0 Å². The molecular weight excluding hydrogens is 274 g/mol. The zero-order chi connectivity index (χ0) is 8.48. The number of nitrogens with zero attached hydrogens (tertiary/aromatic N) is 1. The number of allylic oxidation sites excluding steroid dienone is 1. The number of hydrogen-bond acceptors (Lipinski definition) is 2. The van der Waals surface area contributed by atoms with E-state index in [4.69, 9.17) is 0 Å². The molecule has 0 N–H and O–H groups in total. The Labute approximate surface area is 82.0 Å². The average Bonchev–Trinajstić information content (AvgIpc) is 1.95. The van der Waals surface area contributed by atoms with E-state index >= 15 is 0 Å².